The van der Waals surface area contributed by atoms with E-state index in [-0.39, 0.29) is 29.7 Å². The highest BCUT2D eigenvalue weighted by Gasteiger charge is 2.26. The van der Waals surface area contributed by atoms with Gasteiger partial charge in [-0.1, -0.05) is 327 Å². The number of aromatic nitrogens is 2. The molecule has 0 fully saturated rings. The van der Waals surface area contributed by atoms with Crippen LogP contribution < -0.4 is 0 Å². The highest BCUT2D eigenvalue weighted by molar-refractivity contribution is 6.27. The van der Waals surface area contributed by atoms with Gasteiger partial charge in [0.05, 0.1) is 28.9 Å². The van der Waals surface area contributed by atoms with Crippen LogP contribution in [0.5, 0.6) is 0 Å². The van der Waals surface area contributed by atoms with Crippen LogP contribution in [-0.2, 0) is 0 Å². The van der Waals surface area contributed by atoms with Crippen molar-refractivity contribution in [3.63, 3.8) is 0 Å². The van der Waals surface area contributed by atoms with Crippen LogP contribution in [0.1, 0.15) is 6.85 Å². The van der Waals surface area contributed by atoms with Crippen molar-refractivity contribution in [3.05, 3.63) is 425 Å². The summed E-state index contributed by atoms with van der Waals surface area (Å²) in [5.41, 5.74) is 24.4. The van der Waals surface area contributed by atoms with Crippen LogP contribution in [0.15, 0.2) is 433 Å². The van der Waals surface area contributed by atoms with Gasteiger partial charge in [-0.15, -0.1) is 0 Å². The minimum atomic E-state index is -0.410. The van der Waals surface area contributed by atoms with E-state index in [1.165, 1.54) is 92.7 Å². The molecule has 4 heteroatoms. The highest BCUT2D eigenvalue weighted by Crippen LogP contribution is 2.52. The van der Waals surface area contributed by atoms with E-state index in [1.807, 2.05) is 42.5 Å². The van der Waals surface area contributed by atoms with Crippen LogP contribution >= 0.6 is 0 Å². The summed E-state index contributed by atoms with van der Waals surface area (Å²) in [4.78, 5) is 0. The van der Waals surface area contributed by atoms with E-state index in [2.05, 4.69) is 361 Å². The number of rotatable bonds is 9. The molecule has 21 aromatic carbocycles. The first-order chi connectivity index (χ1) is 60.6. The molecular weight excluding hydrogens is 1430 g/mol. The summed E-state index contributed by atoms with van der Waals surface area (Å²) in [5, 5.41) is 22.2. The molecule has 0 aliphatic rings. The van der Waals surface area contributed by atoms with Crippen molar-refractivity contribution in [2.75, 3.05) is 0 Å². The molecule has 4 aromatic heterocycles. The van der Waals surface area contributed by atoms with Crippen LogP contribution in [0.3, 0.4) is 0 Å². The average Bonchev–Trinajstić information content (AvgIpc) is 1.68. The Morgan fingerprint density at radius 1 is 0.195 bits per heavy atom. The maximum absolute atomic E-state index is 9.08. The fourth-order valence-electron chi connectivity index (χ4n) is 19.5. The number of hydrogen-bond donors (Lipinski definition) is 0. The van der Waals surface area contributed by atoms with E-state index in [9.17, 15) is 0 Å². The zero-order valence-electron chi connectivity index (χ0n) is 68.7. The summed E-state index contributed by atoms with van der Waals surface area (Å²) in [7, 11) is 0. The summed E-state index contributed by atoms with van der Waals surface area (Å²) in [6.07, 6.45) is 0. The first-order valence-corrected chi connectivity index (χ1v) is 40.2. The standard InChI is InChI=1S/C60H37NO.C54H33NO/c1-3-17-38(18-4-1)44-32-33-51(59-53-37-42(31-34-56(53)62-60(44)59)61-54-29-15-13-23-45(54)46-24-14-16-30-55(46)61)52-36-41(35-40-21-7-8-22-43(40)52)58-49-27-11-9-25-47(49)57(39-19-5-2-6-20-39)48-26-10-12-28-50(48)58;1-2-15-34(16-3-1)52-41-21-6-8-23-43(41)53(44-24-9-7-22-42(44)52)36-31-35-17-4-5-18-38(35)46(32-36)45-25-14-28-51-54(45)47-33-37(29-30-50(47)56-51)55-48-26-12-10-19-39(48)40-20-11-13-27-49(40)55/h1-37H;1-33H/i2D,5D,6D,19D,20D;. The molecule has 0 aliphatic heterocycles. The molecule has 4 heterocycles. The van der Waals surface area contributed by atoms with E-state index in [4.69, 9.17) is 15.7 Å². The van der Waals surface area contributed by atoms with Gasteiger partial charge in [-0.25, -0.2) is 0 Å². The molecular formula is C114H70N2O2. The fourth-order valence-corrected chi connectivity index (χ4v) is 19.5. The van der Waals surface area contributed by atoms with Crippen LogP contribution in [0.4, 0.5) is 0 Å². The predicted octanol–water partition coefficient (Wildman–Crippen LogP) is 32.0. The second kappa shape index (κ2) is 27.0. The number of benzene rings is 21. The Bertz CT molecular complexity index is 8530. The molecule has 0 unspecified atom stereocenters. The molecule has 0 bridgehead atoms. The second-order valence-electron chi connectivity index (χ2n) is 30.8. The molecule has 0 saturated heterocycles. The van der Waals surface area contributed by atoms with Gasteiger partial charge in [0, 0.05) is 60.0 Å². The molecule has 548 valence electrons. The summed E-state index contributed by atoms with van der Waals surface area (Å²) in [6, 6.07) is 139. The van der Waals surface area contributed by atoms with Gasteiger partial charge in [-0.05, 0) is 234 Å². The maximum atomic E-state index is 9.08. The third kappa shape index (κ3) is 10.5. The Kier molecular flexibility index (Phi) is 14.2. The monoisotopic (exact) mass is 1500 g/mol. The average molecular weight is 1500 g/mol. The minimum absolute atomic E-state index is 0.192. The van der Waals surface area contributed by atoms with Gasteiger partial charge in [-0.3, -0.25) is 0 Å². The predicted molar refractivity (Wildman–Crippen MR) is 499 cm³/mol. The lowest BCUT2D eigenvalue weighted by Crippen LogP contribution is -1.93. The maximum Gasteiger partial charge on any atom is 0.143 e. The summed E-state index contributed by atoms with van der Waals surface area (Å²) < 4.78 is 62.1. The Hall–Kier alpha value is -15.6. The van der Waals surface area contributed by atoms with Crippen LogP contribution in [0, 0.1) is 0 Å². The van der Waals surface area contributed by atoms with Gasteiger partial charge in [0.1, 0.15) is 22.3 Å². The van der Waals surface area contributed by atoms with Crippen LogP contribution in [0.2, 0.25) is 0 Å². The molecule has 0 amide bonds. The SMILES string of the molecule is [2H]c1c([2H])c([2H])c(-c2c3ccccc3c(-c3cc(-c4ccc(-c5ccccc5)c5oc6ccc(-n7c8ccccc8c8ccccc87)cc6c45)c4ccccc4c3)c3ccccc23)c([2H])c1[2H].c1ccc(-c2c3ccccc3c(-c3cc(-c4cccc5oc6ccc(-n7c8ccccc8c8ccccc87)cc6c45)c4ccccc4c3)c3ccccc23)cc1. The Balaban J connectivity index is 0.000000141. The van der Waals surface area contributed by atoms with Crippen LogP contribution in [-0.4, -0.2) is 9.13 Å². The topological polar surface area (TPSA) is 36.1 Å². The van der Waals surface area contributed by atoms with Crippen molar-refractivity contribution in [3.8, 4) is 89.3 Å². The zero-order chi connectivity index (χ0) is 81.8. The molecule has 118 heavy (non-hydrogen) atoms. The van der Waals surface area contributed by atoms with E-state index in [0.29, 0.717) is 5.56 Å². The number of hydrogen-bond acceptors (Lipinski definition) is 2. The van der Waals surface area contributed by atoms with E-state index in [1.54, 1.807) is 0 Å². The number of fused-ring (bicyclic) bond motifs is 18. The van der Waals surface area contributed by atoms with Crippen molar-refractivity contribution < 1.29 is 15.7 Å². The molecule has 0 spiro atoms. The molecule has 25 aromatic rings. The molecule has 4 nitrogen and oxygen atoms in total. The molecule has 0 N–H and O–H groups in total. The Morgan fingerprint density at radius 3 is 0.992 bits per heavy atom. The quantitative estimate of drug-likeness (QED) is 0.135. The fraction of sp³-hybridized carbons (Fsp3) is 0. The highest BCUT2D eigenvalue weighted by atomic mass is 16.3. The largest absolute Gasteiger partial charge is 0.456 e. The van der Waals surface area contributed by atoms with E-state index >= 15 is 0 Å². The smallest absolute Gasteiger partial charge is 0.143 e. The molecule has 0 radical (unpaired) electrons. The molecule has 0 saturated carbocycles. The lowest BCUT2D eigenvalue weighted by molar-refractivity contribution is 0.669. The normalized spacial score (nSPS) is 12.5. The summed E-state index contributed by atoms with van der Waals surface area (Å²) in [6.45, 7) is 0. The first-order valence-electron chi connectivity index (χ1n) is 42.7. The van der Waals surface area contributed by atoms with Gasteiger partial charge >= 0.3 is 0 Å². The Morgan fingerprint density at radius 2 is 0.542 bits per heavy atom. The van der Waals surface area contributed by atoms with E-state index in [0.717, 1.165) is 138 Å². The summed E-state index contributed by atoms with van der Waals surface area (Å²) >= 11 is 0. The van der Waals surface area contributed by atoms with Crippen molar-refractivity contribution in [1.29, 1.82) is 0 Å². The lowest BCUT2D eigenvalue weighted by Gasteiger charge is -2.19. The van der Waals surface area contributed by atoms with Crippen molar-refractivity contribution >= 4 is 152 Å². The number of furan rings is 2. The van der Waals surface area contributed by atoms with Crippen molar-refractivity contribution in [1.82, 2.24) is 9.13 Å². The van der Waals surface area contributed by atoms with Crippen LogP contribution in [0.25, 0.3) is 241 Å². The second-order valence-corrected chi connectivity index (χ2v) is 30.8. The third-order valence-electron chi connectivity index (χ3n) is 24.4. The van der Waals surface area contributed by atoms with Crippen molar-refractivity contribution in [2.24, 2.45) is 0 Å². The van der Waals surface area contributed by atoms with Gasteiger partial charge in [0.2, 0.25) is 0 Å². The number of nitrogens with zero attached hydrogens (tertiary/aromatic N) is 2. The third-order valence-corrected chi connectivity index (χ3v) is 24.4. The molecule has 0 atom stereocenters. The lowest BCUT2D eigenvalue weighted by atomic mass is 9.84. The zero-order valence-corrected chi connectivity index (χ0v) is 63.7. The first kappa shape index (κ1) is 61.9. The van der Waals surface area contributed by atoms with Gasteiger partial charge in [0.15, 0.2) is 0 Å². The minimum Gasteiger partial charge on any atom is -0.456 e. The van der Waals surface area contributed by atoms with Gasteiger partial charge in [-0.2, -0.15) is 0 Å². The van der Waals surface area contributed by atoms with Crippen molar-refractivity contribution in [2.45, 2.75) is 0 Å². The molecule has 25 rings (SSSR count). The van der Waals surface area contributed by atoms with Gasteiger partial charge < -0.3 is 18.0 Å². The number of para-hydroxylation sites is 4. The molecule has 0 aliphatic carbocycles. The summed E-state index contributed by atoms with van der Waals surface area (Å²) in [5.74, 6) is 0. The van der Waals surface area contributed by atoms with Gasteiger partial charge in [0.25, 0.3) is 0 Å². The Labute approximate surface area is 686 Å². The van der Waals surface area contributed by atoms with E-state index < -0.39 is 6.04 Å².